The van der Waals surface area contributed by atoms with Crippen LogP contribution in [0.25, 0.3) is 0 Å². The van der Waals surface area contributed by atoms with Crippen LogP contribution in [0.5, 0.6) is 0 Å². The minimum absolute atomic E-state index is 0.0585. The fraction of sp³-hybridized carbons (Fsp3) is 0.364. The maximum Gasteiger partial charge on any atom is 0.223 e. The Balaban J connectivity index is 1.92. The average molecular weight is 387 g/mol. The highest BCUT2D eigenvalue weighted by Crippen LogP contribution is 2.26. The normalized spacial score (nSPS) is 10.6. The monoisotopic (exact) mass is 386 g/mol. The first-order valence-corrected chi connectivity index (χ1v) is 9.53. The number of hydrogen-bond acceptors (Lipinski definition) is 2. The molecule has 0 bridgehead atoms. The molecule has 0 saturated carbocycles. The smallest absolute Gasteiger partial charge is 0.223 e. The first-order chi connectivity index (χ1) is 12.8. The van der Waals surface area contributed by atoms with Gasteiger partial charge in [0.25, 0.3) is 0 Å². The van der Waals surface area contributed by atoms with Gasteiger partial charge in [0, 0.05) is 37.1 Å². The maximum atomic E-state index is 12.2. The highest BCUT2D eigenvalue weighted by atomic mass is 35.5. The van der Waals surface area contributed by atoms with Gasteiger partial charge in [-0.1, -0.05) is 41.4 Å². The van der Waals surface area contributed by atoms with Crippen LogP contribution in [0.4, 0.5) is 5.69 Å². The molecule has 0 unspecified atom stereocenters. The lowest BCUT2D eigenvalue weighted by Crippen LogP contribution is -2.35. The van der Waals surface area contributed by atoms with Crippen LogP contribution in [0.3, 0.4) is 0 Å². The Morgan fingerprint density at radius 1 is 1.07 bits per heavy atom. The molecular formula is C22H27ClN2O2. The fourth-order valence-electron chi connectivity index (χ4n) is 3.37. The molecule has 0 saturated heterocycles. The molecule has 2 rings (SSSR count). The standard InChI is InChI=1S/C22H27ClN2O2/c1-15-12-16(2)22(17(3)13-15)25(18(4)26)11-9-21(27)24-10-8-19-6-5-7-20(23)14-19/h5-7,12-14H,8-11H2,1-4H3,(H,24,27). The Bertz CT molecular complexity index is 810. The summed E-state index contributed by atoms with van der Waals surface area (Å²) in [4.78, 5) is 26.1. The Hall–Kier alpha value is -2.33. The number of nitrogens with zero attached hydrogens (tertiary/aromatic N) is 1. The van der Waals surface area contributed by atoms with Gasteiger partial charge in [-0.15, -0.1) is 0 Å². The second-order valence-electron chi connectivity index (χ2n) is 6.90. The number of halogens is 1. The Morgan fingerprint density at radius 3 is 2.33 bits per heavy atom. The van der Waals surface area contributed by atoms with Crippen LogP contribution in [0.2, 0.25) is 5.02 Å². The summed E-state index contributed by atoms with van der Waals surface area (Å²) >= 11 is 5.97. The van der Waals surface area contributed by atoms with Gasteiger partial charge < -0.3 is 10.2 Å². The molecule has 0 aliphatic heterocycles. The minimum atomic E-state index is -0.0642. The van der Waals surface area contributed by atoms with Crippen molar-refractivity contribution in [2.75, 3.05) is 18.0 Å². The van der Waals surface area contributed by atoms with E-state index in [1.807, 2.05) is 45.0 Å². The lowest BCUT2D eigenvalue weighted by molar-refractivity contribution is -0.121. The number of carbonyl (C=O) groups excluding carboxylic acids is 2. The Labute approximate surface area is 166 Å². The first kappa shape index (κ1) is 21.0. The molecule has 2 aromatic rings. The van der Waals surface area contributed by atoms with Crippen molar-refractivity contribution in [3.05, 3.63) is 63.7 Å². The van der Waals surface area contributed by atoms with E-state index in [-0.39, 0.29) is 18.2 Å². The highest BCUT2D eigenvalue weighted by molar-refractivity contribution is 6.30. The third kappa shape index (κ3) is 6.10. The summed E-state index contributed by atoms with van der Waals surface area (Å²) in [6.45, 7) is 8.47. The van der Waals surface area contributed by atoms with Gasteiger partial charge in [0.1, 0.15) is 0 Å². The summed E-state index contributed by atoms with van der Waals surface area (Å²) in [5.41, 5.74) is 5.24. The zero-order valence-electron chi connectivity index (χ0n) is 16.4. The fourth-order valence-corrected chi connectivity index (χ4v) is 3.58. The average Bonchev–Trinajstić information content (AvgIpc) is 2.56. The molecule has 0 atom stereocenters. The van der Waals surface area contributed by atoms with E-state index in [0.29, 0.717) is 18.1 Å². The highest BCUT2D eigenvalue weighted by Gasteiger charge is 2.17. The number of amides is 2. The van der Waals surface area contributed by atoms with Gasteiger partial charge in [-0.25, -0.2) is 0 Å². The van der Waals surface area contributed by atoms with Gasteiger partial charge in [-0.05, 0) is 56.0 Å². The van der Waals surface area contributed by atoms with Crippen molar-refractivity contribution in [3.8, 4) is 0 Å². The molecule has 0 spiro atoms. The van der Waals surface area contributed by atoms with Gasteiger partial charge in [-0.2, -0.15) is 0 Å². The van der Waals surface area contributed by atoms with Crippen molar-refractivity contribution in [1.29, 1.82) is 0 Å². The van der Waals surface area contributed by atoms with Crippen LogP contribution in [0.15, 0.2) is 36.4 Å². The quantitative estimate of drug-likeness (QED) is 0.768. The van der Waals surface area contributed by atoms with Gasteiger partial charge >= 0.3 is 0 Å². The number of rotatable bonds is 7. The summed E-state index contributed by atoms with van der Waals surface area (Å²) in [6, 6.07) is 11.7. The molecule has 0 aliphatic rings. The summed E-state index contributed by atoms with van der Waals surface area (Å²) in [6.07, 6.45) is 0.987. The van der Waals surface area contributed by atoms with Crippen molar-refractivity contribution in [1.82, 2.24) is 5.32 Å². The van der Waals surface area contributed by atoms with Gasteiger partial charge in [0.05, 0.1) is 0 Å². The third-order valence-corrected chi connectivity index (χ3v) is 4.71. The molecule has 0 aromatic heterocycles. The van der Waals surface area contributed by atoms with Crippen molar-refractivity contribution < 1.29 is 9.59 Å². The maximum absolute atomic E-state index is 12.2. The van der Waals surface area contributed by atoms with E-state index in [1.165, 1.54) is 6.92 Å². The number of benzene rings is 2. The molecule has 0 fully saturated rings. The molecule has 4 nitrogen and oxygen atoms in total. The summed E-state index contributed by atoms with van der Waals surface area (Å²) in [7, 11) is 0. The van der Waals surface area contributed by atoms with Crippen LogP contribution in [-0.2, 0) is 16.0 Å². The van der Waals surface area contributed by atoms with Gasteiger partial charge in [-0.3, -0.25) is 9.59 Å². The van der Waals surface area contributed by atoms with E-state index in [9.17, 15) is 9.59 Å². The van der Waals surface area contributed by atoms with Crippen LogP contribution in [0, 0.1) is 20.8 Å². The Morgan fingerprint density at radius 2 is 1.74 bits per heavy atom. The summed E-state index contributed by atoms with van der Waals surface area (Å²) < 4.78 is 0. The van der Waals surface area contributed by atoms with E-state index in [0.717, 1.165) is 34.4 Å². The molecule has 2 amide bonds. The molecule has 1 N–H and O–H groups in total. The molecule has 0 aliphatic carbocycles. The van der Waals surface area contributed by atoms with E-state index < -0.39 is 0 Å². The van der Waals surface area contributed by atoms with Crippen LogP contribution in [0.1, 0.15) is 35.6 Å². The topological polar surface area (TPSA) is 49.4 Å². The number of hydrogen-bond donors (Lipinski definition) is 1. The van der Waals surface area contributed by atoms with Crippen LogP contribution in [-0.4, -0.2) is 24.9 Å². The predicted octanol–water partition coefficient (Wildman–Crippen LogP) is 4.37. The summed E-state index contributed by atoms with van der Waals surface area (Å²) in [5, 5.41) is 3.61. The van der Waals surface area contributed by atoms with Gasteiger partial charge in [0.15, 0.2) is 0 Å². The van der Waals surface area contributed by atoms with E-state index >= 15 is 0 Å². The SMILES string of the molecule is CC(=O)N(CCC(=O)NCCc1cccc(Cl)c1)c1c(C)cc(C)cc1C. The predicted molar refractivity (Wildman–Crippen MR) is 111 cm³/mol. The zero-order valence-corrected chi connectivity index (χ0v) is 17.2. The second-order valence-corrected chi connectivity index (χ2v) is 7.33. The number of aryl methyl sites for hydroxylation is 3. The molecule has 5 heteroatoms. The number of carbonyl (C=O) groups is 2. The number of anilines is 1. The van der Waals surface area contributed by atoms with E-state index in [4.69, 9.17) is 11.6 Å². The van der Waals surface area contributed by atoms with Crippen LogP contribution < -0.4 is 10.2 Å². The lowest BCUT2D eigenvalue weighted by Gasteiger charge is -2.25. The molecular weight excluding hydrogens is 360 g/mol. The van der Waals surface area contributed by atoms with Crippen molar-refractivity contribution in [2.45, 2.75) is 40.5 Å². The lowest BCUT2D eigenvalue weighted by atomic mass is 10.0. The van der Waals surface area contributed by atoms with Crippen LogP contribution >= 0.6 is 11.6 Å². The van der Waals surface area contributed by atoms with Crippen molar-refractivity contribution in [2.24, 2.45) is 0 Å². The van der Waals surface area contributed by atoms with Gasteiger partial charge in [0.2, 0.25) is 11.8 Å². The zero-order chi connectivity index (χ0) is 20.0. The first-order valence-electron chi connectivity index (χ1n) is 9.15. The Kier molecular flexibility index (Phi) is 7.43. The number of nitrogens with one attached hydrogen (secondary N) is 1. The molecule has 144 valence electrons. The van der Waals surface area contributed by atoms with E-state index in [1.54, 1.807) is 4.90 Å². The molecule has 0 heterocycles. The third-order valence-electron chi connectivity index (χ3n) is 4.47. The molecule has 0 radical (unpaired) electrons. The molecule has 27 heavy (non-hydrogen) atoms. The van der Waals surface area contributed by atoms with Crippen molar-refractivity contribution >= 4 is 29.1 Å². The van der Waals surface area contributed by atoms with E-state index in [2.05, 4.69) is 17.4 Å². The second kappa shape index (κ2) is 9.56. The summed E-state index contributed by atoms with van der Waals surface area (Å²) in [5.74, 6) is -0.123. The minimum Gasteiger partial charge on any atom is -0.356 e. The molecule has 2 aromatic carbocycles. The largest absolute Gasteiger partial charge is 0.356 e. The van der Waals surface area contributed by atoms with Crippen molar-refractivity contribution in [3.63, 3.8) is 0 Å².